The van der Waals surface area contributed by atoms with Crippen LogP contribution in [0.15, 0.2) is 30.4 Å². The van der Waals surface area contributed by atoms with Gasteiger partial charge < -0.3 is 21.1 Å². The van der Waals surface area contributed by atoms with E-state index in [1.807, 2.05) is 28.9 Å². The fourth-order valence-electron chi connectivity index (χ4n) is 6.00. The normalized spacial score (nSPS) is 22.2. The lowest BCUT2D eigenvalue weighted by Gasteiger charge is -2.25. The van der Waals surface area contributed by atoms with Gasteiger partial charge in [-0.05, 0) is 63.5 Å². The first kappa shape index (κ1) is 35.4. The van der Waals surface area contributed by atoms with Crippen molar-refractivity contribution in [1.82, 2.24) is 23.5 Å². The molecule has 0 bridgehead atoms. The number of aryl methyl sites for hydroxylation is 1. The number of ether oxygens (including phenoxy) is 1. The van der Waals surface area contributed by atoms with E-state index in [1.54, 1.807) is 0 Å². The van der Waals surface area contributed by atoms with Crippen LogP contribution in [0, 0.1) is 11.8 Å². The average molecular weight is 660 g/mol. The van der Waals surface area contributed by atoms with Crippen LogP contribution in [0.1, 0.15) is 77.3 Å². The summed E-state index contributed by atoms with van der Waals surface area (Å²) in [7, 11) is -1.04. The van der Waals surface area contributed by atoms with Gasteiger partial charge in [-0.25, -0.2) is 4.72 Å². The number of hydrogen-bond donors (Lipinski definition) is 3. The maximum atomic E-state index is 13.3. The Labute approximate surface area is 271 Å². The zero-order valence-electron chi connectivity index (χ0n) is 27.5. The fourth-order valence-corrected chi connectivity index (χ4v) is 6.59. The number of unbranched alkanes of at least 4 members (excludes halogenated alkanes) is 3. The number of allylic oxidation sites excluding steroid dienone is 2. The quantitative estimate of drug-likeness (QED) is 0.181. The average Bonchev–Trinajstić information content (AvgIpc) is 3.49. The van der Waals surface area contributed by atoms with Crippen LogP contribution in [0.3, 0.4) is 0 Å². The van der Waals surface area contributed by atoms with Crippen molar-refractivity contribution in [3.63, 3.8) is 0 Å². The number of benzene rings is 1. The molecule has 0 radical (unpaired) electrons. The first-order chi connectivity index (χ1) is 21.7. The van der Waals surface area contributed by atoms with Crippen molar-refractivity contribution < 1.29 is 27.5 Å². The number of amides is 3. The Morgan fingerprint density at radius 2 is 1.91 bits per heavy atom. The topological polar surface area (TPSA) is 183 Å². The van der Waals surface area contributed by atoms with Crippen LogP contribution in [0.2, 0.25) is 0 Å². The molecule has 1 aliphatic heterocycles. The number of carbonyl (C=O) groups is 3. The van der Waals surface area contributed by atoms with Crippen LogP contribution in [-0.2, 0) is 31.0 Å². The van der Waals surface area contributed by atoms with Gasteiger partial charge in [-0.1, -0.05) is 44.1 Å². The third-order valence-corrected chi connectivity index (χ3v) is 10.2. The van der Waals surface area contributed by atoms with Crippen molar-refractivity contribution in [2.24, 2.45) is 23.3 Å². The maximum absolute atomic E-state index is 13.3. The molecule has 1 saturated heterocycles. The molecule has 5 atom stereocenters. The Morgan fingerprint density at radius 1 is 1.17 bits per heavy atom. The molecule has 46 heavy (non-hydrogen) atoms. The van der Waals surface area contributed by atoms with Gasteiger partial charge in [0, 0.05) is 32.5 Å². The van der Waals surface area contributed by atoms with E-state index >= 15 is 0 Å². The number of carbonyl (C=O) groups excluding carboxylic acids is 3. The van der Waals surface area contributed by atoms with Crippen molar-refractivity contribution in [1.29, 1.82) is 0 Å². The predicted molar refractivity (Wildman–Crippen MR) is 176 cm³/mol. The van der Waals surface area contributed by atoms with Crippen LogP contribution in [0.4, 0.5) is 0 Å². The first-order valence-electron chi connectivity index (χ1n) is 16.2. The van der Waals surface area contributed by atoms with Crippen molar-refractivity contribution in [2.75, 3.05) is 20.6 Å². The monoisotopic (exact) mass is 659 g/mol. The SMILES string of the molecule is CCc1cccc2c1nc(OC1CC(C(N)=O)N(C(=O)C(N)CCCCCC=CC3CC3C(=O)NS(=O)(=O)N(C)C)C1)n2C(C)C. The van der Waals surface area contributed by atoms with Gasteiger partial charge in [0.15, 0.2) is 0 Å². The number of nitrogens with zero attached hydrogens (tertiary/aromatic N) is 4. The van der Waals surface area contributed by atoms with Gasteiger partial charge in [0.25, 0.3) is 6.01 Å². The molecule has 1 saturated carbocycles. The van der Waals surface area contributed by atoms with Gasteiger partial charge in [-0.2, -0.15) is 17.7 Å². The second-order valence-corrected chi connectivity index (χ2v) is 14.7. The largest absolute Gasteiger partial charge is 0.459 e. The molecule has 14 heteroatoms. The maximum Gasteiger partial charge on any atom is 0.303 e. The number of likely N-dealkylation sites (tertiary alicyclic amines) is 1. The minimum atomic E-state index is -3.77. The molecule has 1 aromatic heterocycles. The number of para-hydroxylation sites is 1. The van der Waals surface area contributed by atoms with E-state index in [0.29, 0.717) is 18.9 Å². The smallest absolute Gasteiger partial charge is 0.303 e. The zero-order valence-corrected chi connectivity index (χ0v) is 28.3. The minimum absolute atomic E-state index is 0.0493. The summed E-state index contributed by atoms with van der Waals surface area (Å²) < 4.78 is 35.1. The van der Waals surface area contributed by atoms with Gasteiger partial charge >= 0.3 is 10.2 Å². The molecule has 3 amide bonds. The molecule has 1 aromatic carbocycles. The lowest BCUT2D eigenvalue weighted by molar-refractivity contribution is -0.138. The molecule has 2 aromatic rings. The summed E-state index contributed by atoms with van der Waals surface area (Å²) in [6.07, 6.45) is 9.05. The number of rotatable bonds is 16. The van der Waals surface area contributed by atoms with E-state index in [0.717, 1.165) is 53.0 Å². The number of nitrogens with two attached hydrogens (primary N) is 2. The van der Waals surface area contributed by atoms with Crippen LogP contribution in [-0.4, -0.2) is 83.7 Å². The van der Waals surface area contributed by atoms with E-state index in [2.05, 4.69) is 31.6 Å². The summed E-state index contributed by atoms with van der Waals surface area (Å²) in [6, 6.07) is 5.09. The molecule has 2 fully saturated rings. The van der Waals surface area contributed by atoms with Gasteiger partial charge in [-0.15, -0.1) is 0 Å². The van der Waals surface area contributed by atoms with Gasteiger partial charge in [0.1, 0.15) is 12.1 Å². The standard InChI is InChI=1S/C32H49N7O6S/c1-6-21-14-12-16-26-28(21)35-32(39(26)20(2)3)45-23-18-27(29(34)40)38(19-23)31(42)25(33)15-11-9-7-8-10-13-22-17-24(22)30(41)36-46(43,44)37(4)5/h10,12-14,16,20,22-25,27H,6-9,11,15,17-19,33H2,1-5H3,(H2,34,40)(H,36,41). The molecule has 0 spiro atoms. The molecule has 2 aliphatic rings. The number of primary amides is 1. The Morgan fingerprint density at radius 3 is 2.57 bits per heavy atom. The molecule has 13 nitrogen and oxygen atoms in total. The molecule has 4 rings (SSSR count). The van der Waals surface area contributed by atoms with Gasteiger partial charge in [-0.3, -0.25) is 19.0 Å². The highest BCUT2D eigenvalue weighted by Gasteiger charge is 2.43. The lowest BCUT2D eigenvalue weighted by atomic mass is 10.1. The van der Waals surface area contributed by atoms with Crippen molar-refractivity contribution in [3.05, 3.63) is 35.9 Å². The van der Waals surface area contributed by atoms with E-state index in [4.69, 9.17) is 21.2 Å². The Hall–Kier alpha value is -3.49. The number of fused-ring (bicyclic) bond motifs is 1. The van der Waals surface area contributed by atoms with E-state index in [9.17, 15) is 22.8 Å². The third-order valence-electron chi connectivity index (χ3n) is 8.79. The van der Waals surface area contributed by atoms with E-state index in [1.165, 1.54) is 19.0 Å². The Kier molecular flexibility index (Phi) is 11.5. The third kappa shape index (κ3) is 8.26. The highest BCUT2D eigenvalue weighted by molar-refractivity contribution is 7.87. The highest BCUT2D eigenvalue weighted by atomic mass is 32.2. The highest BCUT2D eigenvalue weighted by Crippen LogP contribution is 2.40. The second-order valence-electron chi connectivity index (χ2n) is 12.8. The molecule has 5 unspecified atom stereocenters. The van der Waals surface area contributed by atoms with E-state index < -0.39 is 40.2 Å². The fraction of sp³-hybridized carbons (Fsp3) is 0.625. The van der Waals surface area contributed by atoms with Crippen molar-refractivity contribution in [3.8, 4) is 6.01 Å². The molecule has 5 N–H and O–H groups in total. The Balaban J connectivity index is 1.24. The van der Waals surface area contributed by atoms with Crippen molar-refractivity contribution in [2.45, 2.75) is 96.4 Å². The molecule has 254 valence electrons. The first-order valence-corrected chi connectivity index (χ1v) is 17.6. The summed E-state index contributed by atoms with van der Waals surface area (Å²) in [5.41, 5.74) is 15.0. The lowest BCUT2D eigenvalue weighted by Crippen LogP contribution is -2.50. The number of aromatic nitrogens is 2. The summed E-state index contributed by atoms with van der Waals surface area (Å²) in [4.78, 5) is 44.1. The number of hydrogen-bond acceptors (Lipinski definition) is 8. The molecule has 1 aliphatic carbocycles. The van der Waals surface area contributed by atoms with Crippen LogP contribution >= 0.6 is 0 Å². The summed E-state index contributed by atoms with van der Waals surface area (Å²) >= 11 is 0. The molecule has 2 heterocycles. The molecular weight excluding hydrogens is 610 g/mol. The van der Waals surface area contributed by atoms with Gasteiger partial charge in [0.05, 0.1) is 23.6 Å². The summed E-state index contributed by atoms with van der Waals surface area (Å²) in [5, 5.41) is 0. The van der Waals surface area contributed by atoms with Crippen LogP contribution in [0.5, 0.6) is 6.01 Å². The summed E-state index contributed by atoms with van der Waals surface area (Å²) in [6.45, 7) is 6.41. The number of nitrogens with one attached hydrogen (secondary N) is 1. The van der Waals surface area contributed by atoms with Crippen LogP contribution < -0.4 is 20.9 Å². The number of imidazole rings is 1. The van der Waals surface area contributed by atoms with Crippen LogP contribution in [0.25, 0.3) is 11.0 Å². The van der Waals surface area contributed by atoms with E-state index in [-0.39, 0.29) is 36.8 Å². The molecular formula is C32H49N7O6S. The Bertz CT molecular complexity index is 1550. The second kappa shape index (κ2) is 14.9. The predicted octanol–water partition coefficient (Wildman–Crippen LogP) is 2.41. The van der Waals surface area contributed by atoms with Gasteiger partial charge in [0.2, 0.25) is 17.7 Å². The zero-order chi connectivity index (χ0) is 33.8. The minimum Gasteiger partial charge on any atom is -0.459 e. The van der Waals surface area contributed by atoms with Crippen molar-refractivity contribution >= 4 is 39.0 Å². The summed E-state index contributed by atoms with van der Waals surface area (Å²) in [5.74, 6) is -1.64.